The fraction of sp³-hybridized carbons (Fsp3) is 0.679. The summed E-state index contributed by atoms with van der Waals surface area (Å²) in [6.07, 6.45) is -1.55. The van der Waals surface area contributed by atoms with Crippen molar-refractivity contribution in [1.82, 2.24) is 45.8 Å². The molecule has 2 unspecified atom stereocenters. The average molecular weight is 1120 g/mol. The molecule has 3 aliphatic heterocycles. The van der Waals surface area contributed by atoms with Crippen molar-refractivity contribution in [3.63, 3.8) is 0 Å². The first-order chi connectivity index (χ1) is 37.7. The lowest BCUT2D eigenvalue weighted by Crippen LogP contribution is -2.61. The van der Waals surface area contributed by atoms with Crippen molar-refractivity contribution >= 4 is 71.0 Å². The van der Waals surface area contributed by atoms with Crippen molar-refractivity contribution in [3.05, 3.63) is 35.9 Å². The minimum absolute atomic E-state index is 0.0587. The van der Waals surface area contributed by atoms with Crippen LogP contribution in [-0.4, -0.2) is 196 Å². The Bertz CT molecular complexity index is 2420. The molecule has 24 nitrogen and oxygen atoms in total. The van der Waals surface area contributed by atoms with Gasteiger partial charge in [-0.15, -0.1) is 0 Å². The summed E-state index contributed by atoms with van der Waals surface area (Å²) in [6, 6.07) is -1.63. The van der Waals surface area contributed by atoms with E-state index in [4.69, 9.17) is 10.5 Å². The van der Waals surface area contributed by atoms with Gasteiger partial charge in [-0.05, 0) is 68.3 Å². The molecule has 0 radical (unpaired) electrons. The standard InChI is InChI=1S/C56H86N10O14/c1-12-33(7)45-54(77)66-28-18-22-39(66)50(73)60-44(31(3)4)53(76)63(10)40(24-26-43(69)70)56(79)80-47(34(8)13-2)51(74)59-36(29-35-19-15-14-16-20-35)52(75)65-27-17-21-38(65)48(71)58-30-42(68)64(11)46(32(5)6)55(78)62(9)37(49(72)61-45)23-25-41(57)67/h14-16,19-20,31-34,36-40,44-47H,12-13,17-18,21-30H2,1-11H3,(H2,57,67)(H,58,71)(H,59,74)(H,60,73)(H,61,72)(H,69,70)/t33-,34?,36-,37-,38-,39-,40-,44-,45-,46-,47?/m0/s1. The number of nitrogens with two attached hydrogens (primary N) is 1. The van der Waals surface area contributed by atoms with Crippen molar-refractivity contribution in [3.8, 4) is 0 Å². The summed E-state index contributed by atoms with van der Waals surface area (Å²) in [5.41, 5.74) is 6.19. The normalized spacial score (nSPS) is 27.0. The number of nitrogens with one attached hydrogen (secondary N) is 4. The van der Waals surface area contributed by atoms with Crippen molar-refractivity contribution in [1.29, 1.82) is 0 Å². The SMILES string of the molecule is CCC(C)C1OC(=O)[C@H](CCC(=O)O)N(C)C(=O)[C@H](C(C)C)NC(=O)[C@@H]2CCCN2C(=O)[C@H]([C@@H](C)CC)NC(=O)[C@H](CCC(N)=O)N(C)C(=O)[C@H](C(C)C)N(C)C(=O)CNC(=O)[C@@H]2CCCN2C(=O)[C@H](Cc2ccccc2)NC1=O. The Morgan fingerprint density at radius 1 is 0.637 bits per heavy atom. The number of amides is 10. The first kappa shape index (κ1) is 65.4. The Kier molecular flexibility index (Phi) is 24.4. The van der Waals surface area contributed by atoms with Gasteiger partial charge in [0.15, 0.2) is 6.10 Å². The molecule has 0 saturated carbocycles. The molecule has 3 heterocycles. The smallest absolute Gasteiger partial charge is 0.329 e. The van der Waals surface area contributed by atoms with Crippen LogP contribution >= 0.6 is 0 Å². The maximum Gasteiger partial charge on any atom is 0.329 e. The lowest BCUT2D eigenvalue weighted by molar-refractivity contribution is -0.167. The first-order valence-corrected chi connectivity index (χ1v) is 28.0. The molecule has 0 aliphatic carbocycles. The second-order valence-electron chi connectivity index (χ2n) is 22.3. The number of aliphatic carboxylic acids is 1. The third-order valence-corrected chi connectivity index (χ3v) is 15.9. The van der Waals surface area contributed by atoms with Gasteiger partial charge >= 0.3 is 11.9 Å². The zero-order valence-electron chi connectivity index (χ0n) is 48.4. The summed E-state index contributed by atoms with van der Waals surface area (Å²) < 4.78 is 5.96. The van der Waals surface area contributed by atoms with E-state index in [9.17, 15) is 62.6 Å². The number of fused-ring (bicyclic) bond motifs is 2. The van der Waals surface area contributed by atoms with Gasteiger partial charge in [-0.3, -0.25) is 52.7 Å². The van der Waals surface area contributed by atoms with Gasteiger partial charge in [0, 0.05) is 59.4 Å². The van der Waals surface area contributed by atoms with Crippen LogP contribution in [0.2, 0.25) is 0 Å². The number of benzene rings is 1. The van der Waals surface area contributed by atoms with Crippen LogP contribution in [0.25, 0.3) is 0 Å². The Balaban J connectivity index is 1.86. The number of hydrogen-bond donors (Lipinski definition) is 6. The van der Waals surface area contributed by atoms with Crippen molar-refractivity contribution in [2.75, 3.05) is 40.8 Å². The molecule has 0 aromatic heterocycles. The molecule has 3 saturated heterocycles. The number of ether oxygens (including phenoxy) is 1. The van der Waals surface area contributed by atoms with E-state index in [2.05, 4.69) is 21.3 Å². The maximum absolute atomic E-state index is 14.8. The molecule has 0 spiro atoms. The van der Waals surface area contributed by atoms with Gasteiger partial charge in [0.25, 0.3) is 5.91 Å². The molecular formula is C56H86N10O14. The fourth-order valence-corrected chi connectivity index (χ4v) is 10.5. The third kappa shape index (κ3) is 16.7. The van der Waals surface area contributed by atoms with E-state index in [1.54, 1.807) is 85.7 Å². The molecule has 4 rings (SSSR count). The van der Waals surface area contributed by atoms with E-state index in [1.165, 1.54) is 30.9 Å². The minimum atomic E-state index is -1.60. The van der Waals surface area contributed by atoms with Crippen LogP contribution < -0.4 is 27.0 Å². The topological polar surface area (TPSA) is 325 Å². The molecule has 0 bridgehead atoms. The second kappa shape index (κ2) is 29.9. The van der Waals surface area contributed by atoms with Crippen molar-refractivity contribution < 1.29 is 67.4 Å². The molecule has 11 atom stereocenters. The Labute approximate surface area is 469 Å². The highest BCUT2D eigenvalue weighted by atomic mass is 16.6. The maximum atomic E-state index is 14.8. The lowest BCUT2D eigenvalue weighted by Gasteiger charge is -2.37. The van der Waals surface area contributed by atoms with Crippen LogP contribution in [-0.2, 0) is 68.7 Å². The van der Waals surface area contributed by atoms with Crippen LogP contribution in [0.1, 0.15) is 125 Å². The first-order valence-electron chi connectivity index (χ1n) is 28.0. The number of hydrogen-bond acceptors (Lipinski definition) is 13. The number of carboxylic acids is 1. The molecule has 3 aliphatic rings. The molecular weight excluding hydrogens is 1040 g/mol. The number of carbonyl (C=O) groups is 12. The number of likely N-dealkylation sites (N-methyl/N-ethyl adjacent to an activating group) is 3. The highest BCUT2D eigenvalue weighted by molar-refractivity contribution is 5.99. The molecule has 80 heavy (non-hydrogen) atoms. The third-order valence-electron chi connectivity index (χ3n) is 15.9. The van der Waals surface area contributed by atoms with Crippen LogP contribution in [0.3, 0.4) is 0 Å². The monoisotopic (exact) mass is 1120 g/mol. The molecule has 10 amide bonds. The summed E-state index contributed by atoms with van der Waals surface area (Å²) in [7, 11) is 3.95. The van der Waals surface area contributed by atoms with Gasteiger partial charge in [0.2, 0.25) is 53.2 Å². The highest BCUT2D eigenvalue weighted by Crippen LogP contribution is 2.26. The van der Waals surface area contributed by atoms with Gasteiger partial charge in [0.1, 0.15) is 48.3 Å². The predicted molar refractivity (Wildman–Crippen MR) is 292 cm³/mol. The molecule has 3 fully saturated rings. The van der Waals surface area contributed by atoms with E-state index in [0.717, 1.165) is 14.7 Å². The van der Waals surface area contributed by atoms with Crippen LogP contribution in [0, 0.1) is 23.7 Å². The number of rotatable bonds is 14. The average Bonchev–Trinajstić information content (AvgIpc) is 4.12. The number of primary amides is 1. The summed E-state index contributed by atoms with van der Waals surface area (Å²) in [4.78, 5) is 175. The van der Waals surface area contributed by atoms with Crippen molar-refractivity contribution in [2.45, 2.75) is 180 Å². The zero-order valence-corrected chi connectivity index (χ0v) is 48.4. The van der Waals surface area contributed by atoms with E-state index in [-0.39, 0.29) is 51.6 Å². The summed E-state index contributed by atoms with van der Waals surface area (Å²) >= 11 is 0. The van der Waals surface area contributed by atoms with E-state index >= 15 is 0 Å². The van der Waals surface area contributed by atoms with Gasteiger partial charge < -0.3 is 61.3 Å². The van der Waals surface area contributed by atoms with E-state index < -0.39 is 169 Å². The molecule has 24 heteroatoms. The van der Waals surface area contributed by atoms with Gasteiger partial charge in [-0.1, -0.05) is 92.1 Å². The van der Waals surface area contributed by atoms with Crippen LogP contribution in [0.4, 0.5) is 0 Å². The van der Waals surface area contributed by atoms with Crippen molar-refractivity contribution in [2.24, 2.45) is 29.4 Å². The fourth-order valence-electron chi connectivity index (χ4n) is 10.5. The van der Waals surface area contributed by atoms with Crippen LogP contribution in [0.5, 0.6) is 0 Å². The van der Waals surface area contributed by atoms with Gasteiger partial charge in [0.05, 0.1) is 6.54 Å². The Morgan fingerprint density at radius 2 is 1.19 bits per heavy atom. The summed E-state index contributed by atoms with van der Waals surface area (Å²) in [6.45, 7) is 13.1. The summed E-state index contributed by atoms with van der Waals surface area (Å²) in [5, 5.41) is 20.8. The predicted octanol–water partition coefficient (Wildman–Crippen LogP) is 0.723. The van der Waals surface area contributed by atoms with Crippen LogP contribution in [0.15, 0.2) is 30.3 Å². The number of cyclic esters (lactones) is 1. The molecule has 7 N–H and O–H groups in total. The lowest BCUT2D eigenvalue weighted by atomic mass is 9.95. The Morgan fingerprint density at radius 3 is 1.74 bits per heavy atom. The molecule has 444 valence electrons. The highest BCUT2D eigenvalue weighted by Gasteiger charge is 2.45. The molecule has 1 aromatic rings. The molecule has 1 aromatic carbocycles. The second-order valence-corrected chi connectivity index (χ2v) is 22.3. The largest absolute Gasteiger partial charge is 0.481 e. The van der Waals surface area contributed by atoms with E-state index in [0.29, 0.717) is 24.8 Å². The number of nitrogens with zero attached hydrogens (tertiary/aromatic N) is 5. The number of carboxylic acid groups (broad SMARTS) is 1. The van der Waals surface area contributed by atoms with Gasteiger partial charge in [-0.2, -0.15) is 0 Å². The summed E-state index contributed by atoms with van der Waals surface area (Å²) in [5.74, 6) is -12.2. The number of carbonyl (C=O) groups excluding carboxylic acids is 11. The quantitative estimate of drug-likeness (QED) is 0.140. The van der Waals surface area contributed by atoms with E-state index in [1.807, 2.05) is 0 Å². The zero-order chi connectivity index (χ0) is 59.9. The van der Waals surface area contributed by atoms with Gasteiger partial charge in [-0.25, -0.2) is 4.79 Å². The Hall–Kier alpha value is -7.14. The minimum Gasteiger partial charge on any atom is -0.481 e. The number of esters is 1.